The van der Waals surface area contributed by atoms with Crippen LogP contribution in [-0.2, 0) is 0 Å². The molecule has 10 rings (SSSR count). The van der Waals surface area contributed by atoms with Crippen LogP contribution in [-0.4, -0.2) is 4.98 Å². The van der Waals surface area contributed by atoms with Gasteiger partial charge in [-0.3, -0.25) is 0 Å². The average molecular weight is 635 g/mol. The first-order chi connectivity index (χ1) is 23.7. The highest BCUT2D eigenvalue weighted by Crippen LogP contribution is 2.44. The first kappa shape index (κ1) is 27.0. The van der Waals surface area contributed by atoms with E-state index in [1.54, 1.807) is 11.3 Å². The number of rotatable bonds is 5. The molecule has 0 aliphatic heterocycles. The van der Waals surface area contributed by atoms with Crippen molar-refractivity contribution in [3.05, 3.63) is 158 Å². The molecular formula is C43H26N2O2S. The summed E-state index contributed by atoms with van der Waals surface area (Å²) in [5.74, 6) is 0.639. The number of fused-ring (bicyclic) bond motifs is 7. The number of para-hydroxylation sites is 1. The second-order valence-electron chi connectivity index (χ2n) is 12.0. The van der Waals surface area contributed by atoms with Gasteiger partial charge in [0.25, 0.3) is 0 Å². The molecule has 0 fully saturated rings. The van der Waals surface area contributed by atoms with Crippen molar-refractivity contribution < 1.29 is 8.83 Å². The fraction of sp³-hybridized carbons (Fsp3) is 0. The second kappa shape index (κ2) is 10.7. The average Bonchev–Trinajstić information content (AvgIpc) is 3.84. The summed E-state index contributed by atoms with van der Waals surface area (Å²) in [4.78, 5) is 7.17. The van der Waals surface area contributed by atoms with Crippen LogP contribution < -0.4 is 4.90 Å². The smallest absolute Gasteiger partial charge is 0.227 e. The third kappa shape index (κ3) is 4.40. The van der Waals surface area contributed by atoms with E-state index in [1.165, 1.54) is 20.3 Å². The third-order valence-electron chi connectivity index (χ3n) is 9.07. The van der Waals surface area contributed by atoms with E-state index in [4.69, 9.17) is 13.8 Å². The zero-order valence-electron chi connectivity index (χ0n) is 25.6. The molecule has 4 nitrogen and oxygen atoms in total. The highest BCUT2D eigenvalue weighted by molar-refractivity contribution is 7.25. The minimum absolute atomic E-state index is 0.639. The topological polar surface area (TPSA) is 42.4 Å². The van der Waals surface area contributed by atoms with Crippen molar-refractivity contribution in [3.63, 3.8) is 0 Å². The van der Waals surface area contributed by atoms with E-state index < -0.39 is 0 Å². The van der Waals surface area contributed by atoms with Crippen LogP contribution in [0.5, 0.6) is 0 Å². The minimum Gasteiger partial charge on any atom is -0.456 e. The molecule has 3 aromatic heterocycles. The van der Waals surface area contributed by atoms with Gasteiger partial charge in [0.2, 0.25) is 5.89 Å². The fourth-order valence-electron chi connectivity index (χ4n) is 6.78. The van der Waals surface area contributed by atoms with Crippen LogP contribution in [0.4, 0.5) is 17.1 Å². The molecule has 48 heavy (non-hydrogen) atoms. The van der Waals surface area contributed by atoms with Crippen molar-refractivity contribution in [3.8, 4) is 22.6 Å². The first-order valence-electron chi connectivity index (χ1n) is 15.9. The molecule has 226 valence electrons. The van der Waals surface area contributed by atoms with Gasteiger partial charge in [-0.25, -0.2) is 4.98 Å². The molecule has 0 aliphatic carbocycles. The van der Waals surface area contributed by atoms with Crippen LogP contribution in [0.2, 0.25) is 0 Å². The summed E-state index contributed by atoms with van der Waals surface area (Å²) in [6.45, 7) is 0. The molecule has 0 unspecified atom stereocenters. The van der Waals surface area contributed by atoms with Gasteiger partial charge in [0.15, 0.2) is 5.58 Å². The van der Waals surface area contributed by atoms with Gasteiger partial charge in [-0.05, 0) is 90.0 Å². The second-order valence-corrected chi connectivity index (χ2v) is 13.1. The van der Waals surface area contributed by atoms with Crippen LogP contribution in [0.25, 0.3) is 75.8 Å². The van der Waals surface area contributed by atoms with E-state index in [2.05, 4.69) is 120 Å². The SMILES string of the molecule is c1ccc(-c2cccc(N(c3ccc4oc5ccccc5c4c3)c3ccc4sc5cc6nc(-c7ccccc7)oc6cc5c4c3)c2)cc1. The zero-order chi connectivity index (χ0) is 31.6. The quantitative estimate of drug-likeness (QED) is 0.189. The number of benzene rings is 7. The van der Waals surface area contributed by atoms with Crippen molar-refractivity contribution >= 4 is 81.6 Å². The molecule has 0 saturated heterocycles. The maximum absolute atomic E-state index is 6.29. The van der Waals surface area contributed by atoms with Gasteiger partial charge in [0.05, 0.1) is 0 Å². The van der Waals surface area contributed by atoms with Crippen molar-refractivity contribution in [1.82, 2.24) is 4.98 Å². The number of anilines is 3. The number of thiophene rings is 1. The highest BCUT2D eigenvalue weighted by atomic mass is 32.1. The van der Waals surface area contributed by atoms with E-state index in [9.17, 15) is 0 Å². The van der Waals surface area contributed by atoms with Gasteiger partial charge in [0.1, 0.15) is 16.7 Å². The predicted octanol–water partition coefficient (Wildman–Crippen LogP) is 12.9. The largest absolute Gasteiger partial charge is 0.456 e. The van der Waals surface area contributed by atoms with Crippen LogP contribution in [0.3, 0.4) is 0 Å². The molecule has 0 saturated carbocycles. The molecule has 0 bridgehead atoms. The van der Waals surface area contributed by atoms with Gasteiger partial charge in [-0.2, -0.15) is 0 Å². The minimum atomic E-state index is 0.639. The van der Waals surface area contributed by atoms with Crippen LogP contribution in [0.1, 0.15) is 0 Å². The van der Waals surface area contributed by atoms with Gasteiger partial charge in [0, 0.05) is 53.6 Å². The monoisotopic (exact) mass is 634 g/mol. The molecule has 3 heterocycles. The summed E-state index contributed by atoms with van der Waals surface area (Å²) in [7, 11) is 0. The Morgan fingerprint density at radius 3 is 1.94 bits per heavy atom. The first-order valence-corrected chi connectivity index (χ1v) is 16.8. The van der Waals surface area contributed by atoms with Gasteiger partial charge < -0.3 is 13.7 Å². The lowest BCUT2D eigenvalue weighted by atomic mass is 10.0. The number of nitrogens with zero attached hydrogens (tertiary/aromatic N) is 2. The van der Waals surface area contributed by atoms with Crippen molar-refractivity contribution in [2.24, 2.45) is 0 Å². The van der Waals surface area contributed by atoms with E-state index in [1.807, 2.05) is 42.5 Å². The van der Waals surface area contributed by atoms with Crippen molar-refractivity contribution in [1.29, 1.82) is 0 Å². The molecule has 0 spiro atoms. The Labute approximate surface area is 279 Å². The Kier molecular flexibility index (Phi) is 6.01. The molecule has 7 aromatic carbocycles. The molecule has 0 aliphatic rings. The van der Waals surface area contributed by atoms with Crippen LogP contribution >= 0.6 is 11.3 Å². The molecular weight excluding hydrogens is 609 g/mol. The normalized spacial score (nSPS) is 11.8. The summed E-state index contributed by atoms with van der Waals surface area (Å²) in [5.41, 5.74) is 9.95. The number of oxazole rings is 1. The number of hydrogen-bond acceptors (Lipinski definition) is 5. The van der Waals surface area contributed by atoms with Crippen molar-refractivity contribution in [2.45, 2.75) is 0 Å². The van der Waals surface area contributed by atoms with Gasteiger partial charge in [-0.1, -0.05) is 78.9 Å². The third-order valence-corrected chi connectivity index (χ3v) is 10.2. The Bertz CT molecular complexity index is 2790. The maximum atomic E-state index is 6.29. The molecule has 5 heteroatoms. The van der Waals surface area contributed by atoms with Crippen molar-refractivity contribution in [2.75, 3.05) is 4.90 Å². The van der Waals surface area contributed by atoms with E-state index in [0.29, 0.717) is 5.89 Å². The lowest BCUT2D eigenvalue weighted by molar-refractivity contribution is 0.620. The van der Waals surface area contributed by atoms with Crippen LogP contribution in [0, 0.1) is 0 Å². The van der Waals surface area contributed by atoms with E-state index in [0.717, 1.165) is 66.6 Å². The zero-order valence-corrected chi connectivity index (χ0v) is 26.4. The van der Waals surface area contributed by atoms with Gasteiger partial charge in [-0.15, -0.1) is 11.3 Å². The molecule has 0 atom stereocenters. The van der Waals surface area contributed by atoms with Crippen LogP contribution in [0.15, 0.2) is 167 Å². The van der Waals surface area contributed by atoms with E-state index in [-0.39, 0.29) is 0 Å². The predicted molar refractivity (Wildman–Crippen MR) is 200 cm³/mol. The number of aromatic nitrogens is 1. The van der Waals surface area contributed by atoms with Gasteiger partial charge >= 0.3 is 0 Å². The summed E-state index contributed by atoms with van der Waals surface area (Å²) in [5, 5.41) is 4.55. The Hall–Kier alpha value is -6.17. The lowest BCUT2D eigenvalue weighted by Crippen LogP contribution is -2.09. The fourth-order valence-corrected chi connectivity index (χ4v) is 7.89. The summed E-state index contributed by atoms with van der Waals surface area (Å²) in [6, 6.07) is 55.2. The molecule has 10 aromatic rings. The summed E-state index contributed by atoms with van der Waals surface area (Å²) < 4.78 is 14.9. The summed E-state index contributed by atoms with van der Waals surface area (Å²) >= 11 is 1.79. The Balaban J connectivity index is 1.17. The standard InChI is InChI=1S/C43H26N2O2S/c1-3-10-27(11-4-1)29-14-9-15-30(22-29)45(31-18-20-39-34(23-31)33-16-7-8-17-38(33)46-39)32-19-21-41-35(24-32)36-25-40-37(26-42(36)48-41)44-43(47-40)28-12-5-2-6-13-28/h1-26H. The number of hydrogen-bond donors (Lipinski definition) is 0. The Morgan fingerprint density at radius 2 is 1.08 bits per heavy atom. The molecule has 0 amide bonds. The highest BCUT2D eigenvalue weighted by Gasteiger charge is 2.19. The lowest BCUT2D eigenvalue weighted by Gasteiger charge is -2.26. The maximum Gasteiger partial charge on any atom is 0.227 e. The summed E-state index contributed by atoms with van der Waals surface area (Å²) in [6.07, 6.45) is 0. The number of furan rings is 1. The Morgan fingerprint density at radius 1 is 0.417 bits per heavy atom. The molecule has 0 radical (unpaired) electrons. The van der Waals surface area contributed by atoms with E-state index >= 15 is 0 Å². The molecule has 0 N–H and O–H groups in total.